The van der Waals surface area contributed by atoms with Gasteiger partial charge in [-0.1, -0.05) is 12.1 Å². The first-order valence-electron chi connectivity index (χ1n) is 8.15. The van der Waals surface area contributed by atoms with Crippen molar-refractivity contribution in [3.63, 3.8) is 0 Å². The van der Waals surface area contributed by atoms with Gasteiger partial charge in [0.05, 0.1) is 31.6 Å². The van der Waals surface area contributed by atoms with Crippen molar-refractivity contribution < 1.29 is 14.3 Å². The maximum absolute atomic E-state index is 12.4. The number of carbonyl (C=O) groups excluding carboxylic acids is 1. The lowest BCUT2D eigenvalue weighted by Crippen LogP contribution is -2.35. The summed E-state index contributed by atoms with van der Waals surface area (Å²) in [6.07, 6.45) is 7.46. The maximum atomic E-state index is 12.4. The van der Waals surface area contributed by atoms with Gasteiger partial charge in [0.2, 0.25) is 5.91 Å². The predicted molar refractivity (Wildman–Crippen MR) is 102 cm³/mol. The number of nitrogens with one attached hydrogen (secondary N) is 1. The third kappa shape index (κ3) is 3.60. The molecule has 1 saturated heterocycles. The lowest BCUT2D eigenvalue weighted by atomic mass is 9.90. The Morgan fingerprint density at radius 2 is 2.27 bits per heavy atom. The molecule has 0 radical (unpaired) electrons. The second-order valence-electron chi connectivity index (χ2n) is 5.82. The van der Waals surface area contributed by atoms with E-state index in [1.54, 1.807) is 32.6 Å². The molecule has 0 aliphatic carbocycles. The van der Waals surface area contributed by atoms with E-state index < -0.39 is 0 Å². The van der Waals surface area contributed by atoms with Gasteiger partial charge in [-0.2, -0.15) is 5.26 Å². The van der Waals surface area contributed by atoms with E-state index in [0.717, 1.165) is 16.9 Å². The normalized spacial score (nSPS) is 23.9. The minimum absolute atomic E-state index is 0.121. The Hall–Kier alpha value is -2.72. The number of rotatable bonds is 5. The molecule has 3 unspecified atom stereocenters. The number of thioether (sulfide) groups is 1. The molecule has 3 rings (SSSR count). The molecule has 1 aromatic carbocycles. The second kappa shape index (κ2) is 8.11. The summed E-state index contributed by atoms with van der Waals surface area (Å²) in [7, 11) is 3.12. The molecule has 2 aliphatic rings. The van der Waals surface area contributed by atoms with E-state index in [0.29, 0.717) is 11.5 Å². The number of aliphatic imine (C=N–C) groups is 1. The van der Waals surface area contributed by atoms with Crippen molar-refractivity contribution in [3.8, 4) is 17.6 Å². The molecule has 0 aromatic heterocycles. The molecule has 1 N–H and O–H groups in total. The number of nitrogens with zero attached hydrogens (tertiary/aromatic N) is 2. The fourth-order valence-electron chi connectivity index (χ4n) is 3.06. The summed E-state index contributed by atoms with van der Waals surface area (Å²) in [5.41, 5.74) is 0.739. The van der Waals surface area contributed by atoms with Crippen LogP contribution >= 0.6 is 11.8 Å². The number of hydrogen-bond acceptors (Lipinski definition) is 6. The highest BCUT2D eigenvalue weighted by Crippen LogP contribution is 2.47. The van der Waals surface area contributed by atoms with Gasteiger partial charge in [0.25, 0.3) is 0 Å². The fraction of sp³-hybridized carbons (Fsp3) is 0.316. The molecular formula is C19H19N3O3S. The third-order valence-corrected chi connectivity index (χ3v) is 5.68. The Balaban J connectivity index is 1.70. The largest absolute Gasteiger partial charge is 0.493 e. The maximum Gasteiger partial charge on any atom is 0.244 e. The van der Waals surface area contributed by atoms with E-state index in [2.05, 4.69) is 16.4 Å². The highest BCUT2D eigenvalue weighted by atomic mass is 32.2. The number of methoxy groups -OCH3 is 2. The van der Waals surface area contributed by atoms with Crippen LogP contribution in [0.4, 0.5) is 0 Å². The first-order valence-corrected chi connectivity index (χ1v) is 9.03. The van der Waals surface area contributed by atoms with Gasteiger partial charge in [0.1, 0.15) is 0 Å². The van der Waals surface area contributed by atoms with Gasteiger partial charge < -0.3 is 14.8 Å². The van der Waals surface area contributed by atoms with Crippen LogP contribution in [0.15, 0.2) is 40.4 Å². The third-order valence-electron chi connectivity index (χ3n) is 4.34. The topological polar surface area (TPSA) is 83.7 Å². The Morgan fingerprint density at radius 3 is 3.00 bits per heavy atom. The van der Waals surface area contributed by atoms with Crippen molar-refractivity contribution in [1.29, 1.82) is 5.26 Å². The summed E-state index contributed by atoms with van der Waals surface area (Å²) >= 11 is 1.51. The number of fused-ring (bicyclic) bond motifs is 1. The first-order chi connectivity index (χ1) is 12.7. The Kier molecular flexibility index (Phi) is 5.64. The van der Waals surface area contributed by atoms with Crippen LogP contribution in [-0.4, -0.2) is 31.7 Å². The number of allylic oxidation sites excluding steroid dienone is 1. The number of ether oxygens (including phenoxy) is 2. The van der Waals surface area contributed by atoms with Gasteiger partial charge in [-0.15, -0.1) is 11.8 Å². The van der Waals surface area contributed by atoms with Crippen LogP contribution in [0.5, 0.6) is 11.5 Å². The molecule has 26 heavy (non-hydrogen) atoms. The molecule has 2 aliphatic heterocycles. The lowest BCUT2D eigenvalue weighted by Gasteiger charge is -2.17. The summed E-state index contributed by atoms with van der Waals surface area (Å²) in [6, 6.07) is 7.78. The lowest BCUT2D eigenvalue weighted by molar-refractivity contribution is -0.116. The van der Waals surface area contributed by atoms with Crippen LogP contribution < -0.4 is 14.8 Å². The number of amides is 1. The second-order valence-corrected chi connectivity index (χ2v) is 7.04. The summed E-state index contributed by atoms with van der Waals surface area (Å²) in [6.45, 7) is 0. The predicted octanol–water partition coefficient (Wildman–Crippen LogP) is 2.98. The monoisotopic (exact) mass is 369 g/mol. The van der Waals surface area contributed by atoms with Gasteiger partial charge >= 0.3 is 0 Å². The molecule has 0 bridgehead atoms. The van der Waals surface area contributed by atoms with Crippen LogP contribution in [0.25, 0.3) is 6.08 Å². The number of benzene rings is 1. The highest BCUT2D eigenvalue weighted by molar-refractivity contribution is 8.04. The molecule has 0 spiro atoms. The zero-order valence-electron chi connectivity index (χ0n) is 14.5. The van der Waals surface area contributed by atoms with Gasteiger partial charge in [-0.3, -0.25) is 9.79 Å². The van der Waals surface area contributed by atoms with Crippen molar-refractivity contribution in [2.24, 2.45) is 16.8 Å². The van der Waals surface area contributed by atoms with E-state index in [4.69, 9.17) is 9.47 Å². The summed E-state index contributed by atoms with van der Waals surface area (Å²) in [4.78, 5) is 17.6. The smallest absolute Gasteiger partial charge is 0.244 e. The van der Waals surface area contributed by atoms with Crippen molar-refractivity contribution in [2.45, 2.75) is 11.8 Å². The zero-order chi connectivity index (χ0) is 18.5. The molecular weight excluding hydrogens is 350 g/mol. The van der Waals surface area contributed by atoms with Gasteiger partial charge in [0.15, 0.2) is 11.5 Å². The van der Waals surface area contributed by atoms with Crippen molar-refractivity contribution in [3.05, 3.63) is 40.9 Å². The molecule has 134 valence electrons. The molecule has 3 atom stereocenters. The average Bonchev–Trinajstić information content (AvgIpc) is 3.02. The molecule has 7 heteroatoms. The summed E-state index contributed by atoms with van der Waals surface area (Å²) in [5.74, 6) is 0.768. The minimum Gasteiger partial charge on any atom is -0.493 e. The Morgan fingerprint density at radius 1 is 1.42 bits per heavy atom. The molecule has 1 aromatic rings. The van der Waals surface area contributed by atoms with E-state index in [1.807, 2.05) is 18.3 Å². The number of hydrogen-bond donors (Lipinski definition) is 1. The van der Waals surface area contributed by atoms with Gasteiger partial charge in [0, 0.05) is 34.9 Å². The summed E-state index contributed by atoms with van der Waals surface area (Å²) < 4.78 is 10.6. The van der Waals surface area contributed by atoms with Crippen LogP contribution in [0.1, 0.15) is 12.0 Å². The van der Waals surface area contributed by atoms with Gasteiger partial charge in [-0.25, -0.2) is 0 Å². The average molecular weight is 369 g/mol. The SMILES string of the molecule is COc1cccc(C=CC(=O)NC2SC3=CN=CCC3C2C#N)c1OC. The Labute approximate surface area is 156 Å². The van der Waals surface area contributed by atoms with E-state index in [-0.39, 0.29) is 23.1 Å². The highest BCUT2D eigenvalue weighted by Gasteiger charge is 2.41. The number of carbonyl (C=O) groups is 1. The van der Waals surface area contributed by atoms with E-state index in [1.165, 1.54) is 17.8 Å². The number of para-hydroxylation sites is 1. The standard InChI is InChI=1S/C19H19N3O3S/c1-24-15-5-3-4-12(18(15)25-2)6-7-17(23)22-19-14(10-20)13-8-9-21-11-16(13)26-19/h3-7,9,11,13-14,19H,8H2,1-2H3,(H,22,23). The molecule has 1 fully saturated rings. The van der Waals surface area contributed by atoms with Crippen molar-refractivity contribution in [2.75, 3.05) is 14.2 Å². The minimum atomic E-state index is -0.276. The van der Waals surface area contributed by atoms with Crippen LogP contribution in [0, 0.1) is 23.2 Å². The van der Waals surface area contributed by atoms with E-state index >= 15 is 0 Å². The van der Waals surface area contributed by atoms with Crippen LogP contribution in [0.3, 0.4) is 0 Å². The molecule has 1 amide bonds. The van der Waals surface area contributed by atoms with Crippen molar-refractivity contribution >= 4 is 30.0 Å². The molecule has 0 saturated carbocycles. The molecule has 2 heterocycles. The van der Waals surface area contributed by atoms with E-state index in [9.17, 15) is 10.1 Å². The number of nitriles is 1. The zero-order valence-corrected chi connectivity index (χ0v) is 15.3. The van der Waals surface area contributed by atoms with Crippen LogP contribution in [-0.2, 0) is 4.79 Å². The fourth-order valence-corrected chi connectivity index (χ4v) is 4.46. The summed E-state index contributed by atoms with van der Waals surface area (Å²) in [5, 5.41) is 12.1. The molecule has 6 nitrogen and oxygen atoms in total. The quantitative estimate of drug-likeness (QED) is 0.807. The first kappa shape index (κ1) is 18.1. The van der Waals surface area contributed by atoms with Gasteiger partial charge in [-0.05, 0) is 18.6 Å². The van der Waals surface area contributed by atoms with Crippen molar-refractivity contribution in [1.82, 2.24) is 5.32 Å². The Bertz CT molecular complexity index is 826. The van der Waals surface area contributed by atoms with Crippen LogP contribution in [0.2, 0.25) is 0 Å².